The summed E-state index contributed by atoms with van der Waals surface area (Å²) in [6.45, 7) is 0. The van der Waals surface area contributed by atoms with E-state index in [2.05, 4.69) is 157 Å². The summed E-state index contributed by atoms with van der Waals surface area (Å²) in [5.74, 6) is 0.558. The van der Waals surface area contributed by atoms with E-state index in [1.54, 1.807) is 0 Å². The first-order chi connectivity index (χ1) is 24.7. The SMILES string of the molecule is c1ccc2cc(-c3ccc4cc(-c5ccc(Nc6cccc7c6oc6c(C8CCCCC8)cc8ccccc8c67)cc5)ccc4c3)ccc2c1. The molecular weight excluding hydrogens is 607 g/mol. The Morgan fingerprint density at radius 1 is 0.440 bits per heavy atom. The number of furan rings is 1. The van der Waals surface area contributed by atoms with E-state index in [9.17, 15) is 0 Å². The largest absolute Gasteiger partial charge is 0.454 e. The minimum absolute atomic E-state index is 0.558. The lowest BCUT2D eigenvalue weighted by molar-refractivity contribution is 0.442. The quantitative estimate of drug-likeness (QED) is 0.202. The molecule has 0 atom stereocenters. The molecule has 2 heteroatoms. The molecule has 0 bridgehead atoms. The molecule has 10 rings (SSSR count). The van der Waals surface area contributed by atoms with E-state index in [4.69, 9.17) is 4.42 Å². The van der Waals surface area contributed by atoms with Gasteiger partial charge in [0.05, 0.1) is 5.69 Å². The molecule has 50 heavy (non-hydrogen) atoms. The first kappa shape index (κ1) is 29.1. The molecule has 1 fully saturated rings. The van der Waals surface area contributed by atoms with Crippen molar-refractivity contribution in [3.63, 3.8) is 0 Å². The van der Waals surface area contributed by atoms with Crippen molar-refractivity contribution in [2.75, 3.05) is 5.32 Å². The molecule has 0 amide bonds. The zero-order valence-electron chi connectivity index (χ0n) is 28.0. The van der Waals surface area contributed by atoms with E-state index in [1.165, 1.54) is 103 Å². The number of rotatable bonds is 5. The number of anilines is 2. The van der Waals surface area contributed by atoms with Crippen molar-refractivity contribution in [1.29, 1.82) is 0 Å². The lowest BCUT2D eigenvalue weighted by Crippen LogP contribution is -2.04. The fourth-order valence-electron chi connectivity index (χ4n) is 8.36. The third kappa shape index (κ3) is 5.02. The minimum Gasteiger partial charge on any atom is -0.454 e. The highest BCUT2D eigenvalue weighted by Crippen LogP contribution is 2.45. The number of benzene rings is 8. The van der Waals surface area contributed by atoms with Crippen molar-refractivity contribution in [1.82, 2.24) is 0 Å². The van der Waals surface area contributed by atoms with Crippen molar-refractivity contribution in [2.24, 2.45) is 0 Å². The van der Waals surface area contributed by atoms with Crippen molar-refractivity contribution in [3.8, 4) is 22.3 Å². The first-order valence-electron chi connectivity index (χ1n) is 18.0. The molecule has 1 aliphatic rings. The van der Waals surface area contributed by atoms with Crippen LogP contribution in [0.3, 0.4) is 0 Å². The fraction of sp³-hybridized carbons (Fsp3) is 0.125. The molecule has 1 heterocycles. The normalized spacial score (nSPS) is 13.9. The van der Waals surface area contributed by atoms with E-state index in [1.807, 2.05) is 0 Å². The van der Waals surface area contributed by atoms with Crippen molar-refractivity contribution in [2.45, 2.75) is 38.0 Å². The summed E-state index contributed by atoms with van der Waals surface area (Å²) in [7, 11) is 0. The van der Waals surface area contributed by atoms with E-state index in [0.29, 0.717) is 5.92 Å². The molecule has 2 nitrogen and oxygen atoms in total. The van der Waals surface area contributed by atoms with Gasteiger partial charge in [0.25, 0.3) is 0 Å². The van der Waals surface area contributed by atoms with Crippen molar-refractivity contribution >= 4 is 65.6 Å². The Bertz CT molecular complexity index is 2710. The van der Waals surface area contributed by atoms with Crippen molar-refractivity contribution < 1.29 is 4.42 Å². The molecule has 0 saturated heterocycles. The van der Waals surface area contributed by atoms with Crippen LogP contribution in [-0.2, 0) is 0 Å². The lowest BCUT2D eigenvalue weighted by atomic mass is 9.82. The van der Waals surface area contributed by atoms with Gasteiger partial charge < -0.3 is 9.73 Å². The fourth-order valence-corrected chi connectivity index (χ4v) is 8.36. The van der Waals surface area contributed by atoms with Crippen LogP contribution in [0, 0.1) is 0 Å². The highest BCUT2D eigenvalue weighted by Gasteiger charge is 2.23. The predicted molar refractivity (Wildman–Crippen MR) is 213 cm³/mol. The topological polar surface area (TPSA) is 25.2 Å². The van der Waals surface area contributed by atoms with Crippen LogP contribution in [0.1, 0.15) is 43.6 Å². The molecule has 1 saturated carbocycles. The molecule has 1 N–H and O–H groups in total. The minimum atomic E-state index is 0.558. The summed E-state index contributed by atoms with van der Waals surface area (Å²) < 4.78 is 6.88. The molecule has 0 radical (unpaired) electrons. The third-order valence-electron chi connectivity index (χ3n) is 11.0. The summed E-state index contributed by atoms with van der Waals surface area (Å²) >= 11 is 0. The first-order valence-corrected chi connectivity index (χ1v) is 18.0. The standard InChI is InChI=1S/C48H37NO/c1-2-10-33(11-3-1)44-30-40-13-6-7-14-42(40)46-43-15-8-16-45(47(43)50-48(44)46)49-41-25-23-32(24-26-41)35-19-20-38-29-39(22-21-37(38)28-35)36-18-17-31-9-4-5-12-34(31)27-36/h4-9,12-30,33,49H,1-3,10-11H2. The number of fused-ring (bicyclic) bond motifs is 7. The maximum atomic E-state index is 6.88. The molecule has 1 aromatic heterocycles. The van der Waals surface area contributed by atoms with Crippen LogP contribution in [0.2, 0.25) is 0 Å². The van der Waals surface area contributed by atoms with Gasteiger partial charge in [-0.2, -0.15) is 0 Å². The van der Waals surface area contributed by atoms with Crippen LogP contribution in [0.5, 0.6) is 0 Å². The van der Waals surface area contributed by atoms with Gasteiger partial charge in [0.1, 0.15) is 5.58 Å². The Hall–Kier alpha value is -5.86. The second kappa shape index (κ2) is 11.9. The van der Waals surface area contributed by atoms with E-state index < -0.39 is 0 Å². The highest BCUT2D eigenvalue weighted by molar-refractivity contribution is 6.21. The average molecular weight is 644 g/mol. The van der Waals surface area contributed by atoms with Gasteiger partial charge in [-0.3, -0.25) is 0 Å². The number of hydrogen-bond acceptors (Lipinski definition) is 2. The van der Waals surface area contributed by atoms with Crippen LogP contribution < -0.4 is 5.32 Å². The van der Waals surface area contributed by atoms with Gasteiger partial charge in [-0.25, -0.2) is 0 Å². The molecule has 8 aromatic carbocycles. The van der Waals surface area contributed by atoms with Crippen LogP contribution >= 0.6 is 0 Å². The Morgan fingerprint density at radius 2 is 1.02 bits per heavy atom. The van der Waals surface area contributed by atoms with Crippen LogP contribution in [0.4, 0.5) is 11.4 Å². The van der Waals surface area contributed by atoms with E-state index >= 15 is 0 Å². The third-order valence-corrected chi connectivity index (χ3v) is 11.0. The van der Waals surface area contributed by atoms with Crippen LogP contribution in [0.25, 0.3) is 76.5 Å². The summed E-state index contributed by atoms with van der Waals surface area (Å²) in [5.41, 5.74) is 10.3. The zero-order chi connectivity index (χ0) is 33.0. The van der Waals surface area contributed by atoms with Gasteiger partial charge in [0.2, 0.25) is 0 Å². The molecule has 9 aromatic rings. The number of nitrogens with one attached hydrogen (secondary N) is 1. The Labute approximate surface area is 292 Å². The maximum Gasteiger partial charge on any atom is 0.158 e. The summed E-state index contributed by atoms with van der Waals surface area (Å²) in [5, 5.41) is 13.7. The van der Waals surface area contributed by atoms with Gasteiger partial charge in [0.15, 0.2) is 5.58 Å². The lowest BCUT2D eigenvalue weighted by Gasteiger charge is -2.22. The molecule has 0 aliphatic heterocycles. The molecule has 1 aliphatic carbocycles. The number of hydrogen-bond donors (Lipinski definition) is 1. The molecular formula is C48H37NO. The van der Waals surface area contributed by atoms with Gasteiger partial charge in [-0.05, 0) is 121 Å². The van der Waals surface area contributed by atoms with E-state index in [0.717, 1.165) is 22.5 Å². The zero-order valence-corrected chi connectivity index (χ0v) is 28.0. The summed E-state index contributed by atoms with van der Waals surface area (Å²) in [4.78, 5) is 0. The average Bonchev–Trinajstić information content (AvgIpc) is 3.59. The summed E-state index contributed by atoms with van der Waals surface area (Å²) in [6.07, 6.45) is 6.42. The summed E-state index contributed by atoms with van der Waals surface area (Å²) in [6, 6.07) is 55.3. The molecule has 0 unspecified atom stereocenters. The van der Waals surface area contributed by atoms with Gasteiger partial charge in [-0.15, -0.1) is 0 Å². The second-order valence-corrected chi connectivity index (χ2v) is 14.1. The van der Waals surface area contributed by atoms with Gasteiger partial charge >= 0.3 is 0 Å². The van der Waals surface area contributed by atoms with Crippen LogP contribution in [-0.4, -0.2) is 0 Å². The highest BCUT2D eigenvalue weighted by atomic mass is 16.3. The Morgan fingerprint density at radius 3 is 1.76 bits per heavy atom. The maximum absolute atomic E-state index is 6.88. The second-order valence-electron chi connectivity index (χ2n) is 14.1. The van der Waals surface area contributed by atoms with Gasteiger partial charge in [0, 0.05) is 16.5 Å². The van der Waals surface area contributed by atoms with Gasteiger partial charge in [-0.1, -0.05) is 128 Å². The molecule has 0 spiro atoms. The Kier molecular flexibility index (Phi) is 6.94. The smallest absolute Gasteiger partial charge is 0.158 e. The number of para-hydroxylation sites is 1. The molecule has 240 valence electrons. The monoisotopic (exact) mass is 643 g/mol. The van der Waals surface area contributed by atoms with E-state index in [-0.39, 0.29) is 0 Å². The van der Waals surface area contributed by atoms with Crippen molar-refractivity contribution in [3.05, 3.63) is 157 Å². The Balaban J connectivity index is 0.959. The van der Waals surface area contributed by atoms with Crippen LogP contribution in [0.15, 0.2) is 156 Å². The predicted octanol–water partition coefficient (Wildman–Crippen LogP) is 14.2.